The first-order valence-electron chi connectivity index (χ1n) is 2.63. The second kappa shape index (κ2) is 6.21. The fourth-order valence-corrected chi connectivity index (χ4v) is 0.257. The Kier molecular flexibility index (Phi) is 5.60. The minimum atomic E-state index is 0.570. The van der Waals surface area contributed by atoms with Gasteiger partial charge in [0.1, 0.15) is 6.61 Å². The second-order valence-corrected chi connectivity index (χ2v) is 1.23. The first kappa shape index (κ1) is 7.21. The summed E-state index contributed by atoms with van der Waals surface area (Å²) in [5.41, 5.74) is 0. The van der Waals surface area contributed by atoms with Gasteiger partial charge in [0, 0.05) is 6.21 Å². The Bertz CT molecular complexity index is 74.5. The molecule has 0 aromatic rings. The largest absolute Gasteiger partial charge is 0.392 e. The third-order valence-corrected chi connectivity index (χ3v) is 0.586. The van der Waals surface area contributed by atoms with Gasteiger partial charge in [-0.05, 0) is 19.9 Å². The number of oxime groups is 1. The molecule has 8 heavy (non-hydrogen) atoms. The summed E-state index contributed by atoms with van der Waals surface area (Å²) in [5, 5.41) is 3.53. The van der Waals surface area contributed by atoms with Crippen molar-refractivity contribution in [1.29, 1.82) is 0 Å². The van der Waals surface area contributed by atoms with Crippen molar-refractivity contribution in [2.75, 3.05) is 6.61 Å². The van der Waals surface area contributed by atoms with Crippen LogP contribution in [0.25, 0.3) is 0 Å². The minimum absolute atomic E-state index is 0.570. The van der Waals surface area contributed by atoms with E-state index in [-0.39, 0.29) is 0 Å². The lowest BCUT2D eigenvalue weighted by atomic mass is 10.6. The van der Waals surface area contributed by atoms with Gasteiger partial charge in [-0.15, -0.1) is 0 Å². The molecule has 0 unspecified atom stereocenters. The lowest BCUT2D eigenvalue weighted by Gasteiger charge is -1.87. The fourth-order valence-electron chi connectivity index (χ4n) is 0.257. The van der Waals surface area contributed by atoms with E-state index in [1.54, 1.807) is 6.21 Å². The zero-order valence-electron chi connectivity index (χ0n) is 5.29. The molecule has 0 rings (SSSR count). The molecule has 0 heterocycles. The van der Waals surface area contributed by atoms with Crippen LogP contribution in [0.4, 0.5) is 0 Å². The van der Waals surface area contributed by atoms with Crippen LogP contribution in [-0.4, -0.2) is 12.8 Å². The van der Waals surface area contributed by atoms with Gasteiger partial charge in [-0.3, -0.25) is 0 Å². The van der Waals surface area contributed by atoms with Gasteiger partial charge < -0.3 is 4.84 Å². The SMILES string of the molecule is C/C=N\OC/C=C/C. The summed E-state index contributed by atoms with van der Waals surface area (Å²) < 4.78 is 0. The Morgan fingerprint density at radius 2 is 2.25 bits per heavy atom. The Morgan fingerprint density at radius 3 is 2.75 bits per heavy atom. The number of hydrogen-bond acceptors (Lipinski definition) is 2. The molecule has 0 aliphatic heterocycles. The van der Waals surface area contributed by atoms with Crippen molar-refractivity contribution in [2.45, 2.75) is 13.8 Å². The summed E-state index contributed by atoms with van der Waals surface area (Å²) in [4.78, 5) is 4.71. The zero-order valence-corrected chi connectivity index (χ0v) is 5.29. The summed E-state index contributed by atoms with van der Waals surface area (Å²) in [6.45, 7) is 4.33. The molecule has 0 saturated heterocycles. The Morgan fingerprint density at radius 1 is 1.50 bits per heavy atom. The van der Waals surface area contributed by atoms with Crippen LogP contribution in [0, 0.1) is 0 Å². The Hall–Kier alpha value is -0.790. The molecule has 0 aliphatic rings. The molecule has 46 valence electrons. The Balaban J connectivity index is 2.93. The van der Waals surface area contributed by atoms with Crippen molar-refractivity contribution >= 4 is 6.21 Å². The highest BCUT2D eigenvalue weighted by Gasteiger charge is 1.68. The van der Waals surface area contributed by atoms with Gasteiger partial charge >= 0.3 is 0 Å². The Labute approximate surface area is 49.8 Å². The van der Waals surface area contributed by atoms with E-state index in [0.29, 0.717) is 6.61 Å². The standard InChI is InChI=1S/C6H11NO/c1-3-5-6-8-7-4-2/h3-5H,6H2,1-2H3/b5-3+,7-4-. The predicted octanol–water partition coefficient (Wildman–Crippen LogP) is 1.58. The van der Waals surface area contributed by atoms with Gasteiger partial charge in [0.15, 0.2) is 0 Å². The van der Waals surface area contributed by atoms with Crippen molar-refractivity contribution < 1.29 is 4.84 Å². The van der Waals surface area contributed by atoms with E-state index in [0.717, 1.165) is 0 Å². The third-order valence-electron chi connectivity index (χ3n) is 0.586. The number of rotatable bonds is 3. The molecular formula is C6H11NO. The van der Waals surface area contributed by atoms with E-state index in [2.05, 4.69) is 5.16 Å². The summed E-state index contributed by atoms with van der Waals surface area (Å²) in [7, 11) is 0. The molecule has 0 amide bonds. The molecule has 0 N–H and O–H groups in total. The number of hydrogen-bond donors (Lipinski definition) is 0. The maximum Gasteiger partial charge on any atom is 0.135 e. The molecule has 2 nitrogen and oxygen atoms in total. The molecule has 0 aliphatic carbocycles. The van der Waals surface area contributed by atoms with Gasteiger partial charge in [-0.25, -0.2) is 0 Å². The van der Waals surface area contributed by atoms with E-state index in [9.17, 15) is 0 Å². The first-order valence-corrected chi connectivity index (χ1v) is 2.63. The highest BCUT2D eigenvalue weighted by Crippen LogP contribution is 1.75. The van der Waals surface area contributed by atoms with Gasteiger partial charge in [0.2, 0.25) is 0 Å². The molecule has 0 spiro atoms. The van der Waals surface area contributed by atoms with Crippen LogP contribution >= 0.6 is 0 Å². The average Bonchev–Trinajstić information content (AvgIpc) is 1.81. The summed E-state index contributed by atoms with van der Waals surface area (Å²) in [6.07, 6.45) is 5.43. The van der Waals surface area contributed by atoms with Crippen molar-refractivity contribution in [1.82, 2.24) is 0 Å². The maximum absolute atomic E-state index is 4.71. The van der Waals surface area contributed by atoms with E-state index >= 15 is 0 Å². The van der Waals surface area contributed by atoms with Crippen LogP contribution in [0.5, 0.6) is 0 Å². The van der Waals surface area contributed by atoms with E-state index in [4.69, 9.17) is 4.84 Å². The topological polar surface area (TPSA) is 21.6 Å². The number of nitrogens with zero attached hydrogens (tertiary/aromatic N) is 1. The van der Waals surface area contributed by atoms with Crippen molar-refractivity contribution in [2.24, 2.45) is 5.16 Å². The van der Waals surface area contributed by atoms with Crippen LogP contribution in [0.1, 0.15) is 13.8 Å². The summed E-state index contributed by atoms with van der Waals surface area (Å²) in [5.74, 6) is 0. The normalized spacial score (nSPS) is 11.2. The van der Waals surface area contributed by atoms with Crippen LogP contribution in [0.15, 0.2) is 17.3 Å². The molecule has 0 fully saturated rings. The van der Waals surface area contributed by atoms with Crippen LogP contribution in [-0.2, 0) is 4.84 Å². The molecular weight excluding hydrogens is 102 g/mol. The quantitative estimate of drug-likeness (QED) is 0.236. The lowest BCUT2D eigenvalue weighted by Crippen LogP contribution is -1.79. The molecule has 0 radical (unpaired) electrons. The van der Waals surface area contributed by atoms with Gasteiger partial charge in [0.25, 0.3) is 0 Å². The van der Waals surface area contributed by atoms with Crippen molar-refractivity contribution in [3.63, 3.8) is 0 Å². The van der Waals surface area contributed by atoms with Crippen LogP contribution < -0.4 is 0 Å². The molecule has 0 aromatic carbocycles. The number of allylic oxidation sites excluding steroid dienone is 1. The summed E-state index contributed by atoms with van der Waals surface area (Å²) >= 11 is 0. The maximum atomic E-state index is 4.71. The fraction of sp³-hybridized carbons (Fsp3) is 0.500. The average molecular weight is 113 g/mol. The smallest absolute Gasteiger partial charge is 0.135 e. The zero-order chi connectivity index (χ0) is 6.24. The molecule has 0 aromatic heterocycles. The highest BCUT2D eigenvalue weighted by atomic mass is 16.6. The molecule has 0 saturated carbocycles. The highest BCUT2D eigenvalue weighted by molar-refractivity contribution is 5.52. The lowest BCUT2D eigenvalue weighted by molar-refractivity contribution is 0.176. The predicted molar refractivity (Wildman–Crippen MR) is 34.9 cm³/mol. The van der Waals surface area contributed by atoms with Gasteiger partial charge in [-0.2, -0.15) is 0 Å². The first-order chi connectivity index (χ1) is 3.91. The minimum Gasteiger partial charge on any atom is -0.392 e. The van der Waals surface area contributed by atoms with Crippen molar-refractivity contribution in [3.8, 4) is 0 Å². The van der Waals surface area contributed by atoms with E-state index < -0.39 is 0 Å². The van der Waals surface area contributed by atoms with Gasteiger partial charge in [-0.1, -0.05) is 11.2 Å². The van der Waals surface area contributed by atoms with E-state index in [1.807, 2.05) is 26.0 Å². The molecule has 2 heteroatoms. The van der Waals surface area contributed by atoms with Crippen LogP contribution in [0.3, 0.4) is 0 Å². The monoisotopic (exact) mass is 113 g/mol. The third kappa shape index (κ3) is 5.21. The van der Waals surface area contributed by atoms with Crippen LogP contribution in [0.2, 0.25) is 0 Å². The van der Waals surface area contributed by atoms with E-state index in [1.165, 1.54) is 0 Å². The summed E-state index contributed by atoms with van der Waals surface area (Å²) in [6, 6.07) is 0. The van der Waals surface area contributed by atoms with Gasteiger partial charge in [0.05, 0.1) is 0 Å². The molecule has 0 atom stereocenters. The molecule has 0 bridgehead atoms. The second-order valence-electron chi connectivity index (χ2n) is 1.23. The van der Waals surface area contributed by atoms with Crippen molar-refractivity contribution in [3.05, 3.63) is 12.2 Å².